The first-order chi connectivity index (χ1) is 13.9. The van der Waals surface area contributed by atoms with Crippen molar-refractivity contribution in [1.29, 1.82) is 0 Å². The summed E-state index contributed by atoms with van der Waals surface area (Å²) in [7, 11) is 3.57. The van der Waals surface area contributed by atoms with Crippen molar-refractivity contribution in [3.63, 3.8) is 0 Å². The van der Waals surface area contributed by atoms with Crippen LogP contribution in [0.2, 0.25) is 0 Å². The molecule has 0 aliphatic heterocycles. The van der Waals surface area contributed by atoms with Crippen molar-refractivity contribution in [2.24, 2.45) is 12.5 Å². The quantitative estimate of drug-likeness (QED) is 0.516. The minimum absolute atomic E-state index is 0.0346. The van der Waals surface area contributed by atoms with Crippen LogP contribution in [0.15, 0.2) is 42.7 Å². The number of hydrogen-bond donors (Lipinski definition) is 1. The standard InChI is InChI=1S/C20H24N8O/c1-20(2,13-29-4)12-28-17-6-5-14(11-16(17)25-26-28)15-7-9-21-19(23-15)24-18-8-10-22-27(18)3/h5-11H,12-13H2,1-4H3,(H,21,23,24). The van der Waals surface area contributed by atoms with E-state index in [-0.39, 0.29) is 5.41 Å². The van der Waals surface area contributed by atoms with E-state index in [1.54, 1.807) is 24.2 Å². The Bertz CT molecular complexity index is 1130. The Hall–Kier alpha value is -3.33. The van der Waals surface area contributed by atoms with Gasteiger partial charge >= 0.3 is 0 Å². The first kappa shape index (κ1) is 19.0. The number of ether oxygens (including phenoxy) is 1. The molecule has 1 N–H and O–H groups in total. The fraction of sp³-hybridized carbons (Fsp3) is 0.350. The zero-order chi connectivity index (χ0) is 20.4. The van der Waals surface area contributed by atoms with Crippen LogP contribution in [-0.2, 0) is 18.3 Å². The topological polar surface area (TPSA) is 95.6 Å². The zero-order valence-electron chi connectivity index (χ0n) is 17.0. The molecular formula is C20H24N8O. The van der Waals surface area contributed by atoms with Crippen LogP contribution >= 0.6 is 0 Å². The lowest BCUT2D eigenvalue weighted by atomic mass is 9.95. The van der Waals surface area contributed by atoms with Gasteiger partial charge in [-0.25, -0.2) is 14.6 Å². The normalized spacial score (nSPS) is 11.9. The molecule has 0 bridgehead atoms. The van der Waals surface area contributed by atoms with Crippen molar-refractivity contribution in [3.8, 4) is 11.3 Å². The molecule has 0 spiro atoms. The number of rotatable bonds is 7. The van der Waals surface area contributed by atoms with E-state index >= 15 is 0 Å². The average Bonchev–Trinajstić information content (AvgIpc) is 3.27. The fourth-order valence-corrected chi connectivity index (χ4v) is 3.28. The summed E-state index contributed by atoms with van der Waals surface area (Å²) in [5, 5.41) is 16.0. The van der Waals surface area contributed by atoms with Gasteiger partial charge in [-0.05, 0) is 18.2 Å². The molecule has 4 rings (SSSR count). The smallest absolute Gasteiger partial charge is 0.228 e. The highest BCUT2D eigenvalue weighted by Crippen LogP contribution is 2.25. The molecule has 0 saturated carbocycles. The third-order valence-corrected chi connectivity index (χ3v) is 4.64. The first-order valence-electron chi connectivity index (χ1n) is 9.36. The zero-order valence-corrected chi connectivity index (χ0v) is 17.0. The number of nitrogens with one attached hydrogen (secondary N) is 1. The molecule has 1 aromatic carbocycles. The van der Waals surface area contributed by atoms with Gasteiger partial charge in [-0.1, -0.05) is 25.1 Å². The second-order valence-electron chi connectivity index (χ2n) is 7.78. The van der Waals surface area contributed by atoms with Crippen molar-refractivity contribution in [2.75, 3.05) is 19.0 Å². The summed E-state index contributed by atoms with van der Waals surface area (Å²) in [6.45, 7) is 5.68. The molecule has 9 nitrogen and oxygen atoms in total. The molecule has 3 heterocycles. The van der Waals surface area contributed by atoms with Crippen molar-refractivity contribution in [3.05, 3.63) is 42.7 Å². The van der Waals surface area contributed by atoms with Gasteiger partial charge in [-0.15, -0.1) is 5.10 Å². The summed E-state index contributed by atoms with van der Waals surface area (Å²) < 4.78 is 8.97. The van der Waals surface area contributed by atoms with Gasteiger partial charge in [-0.3, -0.25) is 4.68 Å². The molecule has 150 valence electrons. The van der Waals surface area contributed by atoms with Crippen molar-refractivity contribution < 1.29 is 4.74 Å². The van der Waals surface area contributed by atoms with Crippen molar-refractivity contribution in [2.45, 2.75) is 20.4 Å². The Labute approximate surface area is 168 Å². The Morgan fingerprint density at radius 2 is 2.00 bits per heavy atom. The van der Waals surface area contributed by atoms with E-state index < -0.39 is 0 Å². The lowest BCUT2D eigenvalue weighted by Gasteiger charge is -2.23. The number of aryl methyl sites for hydroxylation is 1. The second-order valence-corrected chi connectivity index (χ2v) is 7.78. The van der Waals surface area contributed by atoms with Gasteiger partial charge < -0.3 is 10.1 Å². The van der Waals surface area contributed by atoms with Crippen LogP contribution in [0, 0.1) is 5.41 Å². The van der Waals surface area contributed by atoms with Gasteiger partial charge in [-0.2, -0.15) is 5.10 Å². The average molecular weight is 392 g/mol. The fourth-order valence-electron chi connectivity index (χ4n) is 3.28. The second kappa shape index (κ2) is 7.59. The largest absolute Gasteiger partial charge is 0.384 e. The summed E-state index contributed by atoms with van der Waals surface area (Å²) in [6.07, 6.45) is 3.45. The number of methoxy groups -OCH3 is 1. The molecule has 0 amide bonds. The van der Waals surface area contributed by atoms with E-state index in [0.29, 0.717) is 12.6 Å². The molecule has 0 atom stereocenters. The predicted octanol–water partition coefficient (Wildman–Crippen LogP) is 3.04. The number of hydrogen-bond acceptors (Lipinski definition) is 7. The van der Waals surface area contributed by atoms with E-state index in [2.05, 4.69) is 44.5 Å². The Balaban J connectivity index is 1.60. The maximum absolute atomic E-state index is 5.31. The van der Waals surface area contributed by atoms with Crippen molar-refractivity contribution in [1.82, 2.24) is 34.7 Å². The van der Waals surface area contributed by atoms with E-state index in [9.17, 15) is 0 Å². The molecule has 3 aromatic heterocycles. The Kier molecular flexibility index (Phi) is 4.98. The van der Waals surface area contributed by atoms with Gasteiger partial charge in [0.05, 0.1) is 30.6 Å². The van der Waals surface area contributed by atoms with Crippen LogP contribution in [0.4, 0.5) is 11.8 Å². The molecule has 0 aliphatic carbocycles. The highest BCUT2D eigenvalue weighted by Gasteiger charge is 2.20. The monoisotopic (exact) mass is 392 g/mol. The molecule has 0 saturated heterocycles. The molecule has 29 heavy (non-hydrogen) atoms. The summed E-state index contributed by atoms with van der Waals surface area (Å²) >= 11 is 0. The third kappa shape index (κ3) is 4.09. The number of benzene rings is 1. The lowest BCUT2D eigenvalue weighted by molar-refractivity contribution is 0.0897. The van der Waals surface area contributed by atoms with Crippen LogP contribution < -0.4 is 5.32 Å². The van der Waals surface area contributed by atoms with Crippen LogP contribution in [-0.4, -0.2) is 48.5 Å². The molecule has 9 heteroatoms. The number of nitrogens with zero attached hydrogens (tertiary/aromatic N) is 7. The van der Waals surface area contributed by atoms with Gasteiger partial charge in [0.1, 0.15) is 11.3 Å². The lowest BCUT2D eigenvalue weighted by Crippen LogP contribution is -2.25. The van der Waals surface area contributed by atoms with Gasteiger partial charge in [0, 0.05) is 37.4 Å². The molecule has 0 unspecified atom stereocenters. The molecule has 0 fully saturated rings. The number of anilines is 2. The Morgan fingerprint density at radius 1 is 1.14 bits per heavy atom. The summed E-state index contributed by atoms with van der Waals surface area (Å²) in [4.78, 5) is 8.92. The molecule has 0 aliphatic rings. The minimum Gasteiger partial charge on any atom is -0.384 e. The van der Waals surface area contributed by atoms with Crippen LogP contribution in [0.25, 0.3) is 22.3 Å². The van der Waals surface area contributed by atoms with Gasteiger partial charge in [0.25, 0.3) is 0 Å². The number of fused-ring (bicyclic) bond motifs is 1. The van der Waals surface area contributed by atoms with Crippen LogP contribution in [0.5, 0.6) is 0 Å². The van der Waals surface area contributed by atoms with Crippen LogP contribution in [0.1, 0.15) is 13.8 Å². The highest BCUT2D eigenvalue weighted by molar-refractivity contribution is 5.80. The number of aromatic nitrogens is 7. The van der Waals surface area contributed by atoms with E-state index in [4.69, 9.17) is 4.74 Å². The Morgan fingerprint density at radius 3 is 2.76 bits per heavy atom. The maximum atomic E-state index is 5.31. The summed E-state index contributed by atoms with van der Waals surface area (Å²) in [5.74, 6) is 1.33. The van der Waals surface area contributed by atoms with Crippen molar-refractivity contribution >= 4 is 22.8 Å². The predicted molar refractivity (Wildman–Crippen MR) is 111 cm³/mol. The summed E-state index contributed by atoms with van der Waals surface area (Å²) in [6, 6.07) is 9.80. The maximum Gasteiger partial charge on any atom is 0.228 e. The van der Waals surface area contributed by atoms with E-state index in [0.717, 1.165) is 34.7 Å². The van der Waals surface area contributed by atoms with E-state index in [1.807, 2.05) is 42.1 Å². The molecular weight excluding hydrogens is 368 g/mol. The third-order valence-electron chi connectivity index (χ3n) is 4.64. The van der Waals surface area contributed by atoms with Gasteiger partial charge in [0.15, 0.2) is 0 Å². The van der Waals surface area contributed by atoms with Gasteiger partial charge in [0.2, 0.25) is 5.95 Å². The summed E-state index contributed by atoms with van der Waals surface area (Å²) in [5.41, 5.74) is 3.54. The van der Waals surface area contributed by atoms with Crippen LogP contribution in [0.3, 0.4) is 0 Å². The SMILES string of the molecule is COCC(C)(C)Cn1nnc2cc(-c3ccnc(Nc4ccnn4C)n3)ccc21. The minimum atomic E-state index is -0.0346. The van der Waals surface area contributed by atoms with E-state index in [1.165, 1.54) is 0 Å². The first-order valence-corrected chi connectivity index (χ1v) is 9.36. The highest BCUT2D eigenvalue weighted by atomic mass is 16.5. The molecule has 4 aromatic rings. The molecule has 0 radical (unpaired) electrons.